The Bertz CT molecular complexity index is 1790. The van der Waals surface area contributed by atoms with Crippen molar-refractivity contribution in [2.45, 2.75) is 0 Å². The molecule has 0 aliphatic carbocycles. The molecule has 0 saturated heterocycles. The maximum atomic E-state index is 2.38. The molecule has 0 fully saturated rings. The van der Waals surface area contributed by atoms with E-state index in [0.29, 0.717) is 0 Å². The van der Waals surface area contributed by atoms with Gasteiger partial charge in [-0.3, -0.25) is 0 Å². The van der Waals surface area contributed by atoms with E-state index < -0.39 is 0 Å². The molecule has 0 heteroatoms. The predicted octanol–water partition coefficient (Wildman–Crippen LogP) is 8.61. The minimum Gasteiger partial charge on any atom is -0.0616 e. The highest BCUT2D eigenvalue weighted by atomic mass is 14.1. The van der Waals surface area contributed by atoms with Gasteiger partial charge in [0.15, 0.2) is 0 Å². The van der Waals surface area contributed by atoms with Gasteiger partial charge in [0.2, 0.25) is 0 Å². The van der Waals surface area contributed by atoms with Crippen molar-refractivity contribution in [3.8, 4) is 0 Å². The fraction of sp³-hybridized carbons (Fsp3) is 0. The average Bonchev–Trinajstić information content (AvgIpc) is 2.82. The van der Waals surface area contributed by atoms with E-state index in [1.807, 2.05) is 0 Å². The molecule has 7 aromatic rings. The van der Waals surface area contributed by atoms with Crippen molar-refractivity contribution >= 4 is 64.6 Å². The molecule has 0 aliphatic heterocycles. The van der Waals surface area contributed by atoms with Crippen LogP contribution in [0.25, 0.3) is 64.6 Å². The lowest BCUT2D eigenvalue weighted by Gasteiger charge is -2.12. The first-order valence-corrected chi connectivity index (χ1v) is 10.5. The molecule has 0 atom stereocenters. The smallest absolute Gasteiger partial charge is 0.00266 e. The quantitative estimate of drug-likeness (QED) is 0.183. The molecule has 0 radical (unpaired) electrons. The van der Waals surface area contributed by atoms with Crippen molar-refractivity contribution in [2.75, 3.05) is 0 Å². The Labute approximate surface area is 174 Å². The third-order valence-electron chi connectivity index (χ3n) is 6.59. The van der Waals surface area contributed by atoms with Gasteiger partial charge in [-0.15, -0.1) is 0 Å². The zero-order valence-corrected chi connectivity index (χ0v) is 16.4. The first-order valence-electron chi connectivity index (χ1n) is 10.5. The summed E-state index contributed by atoms with van der Waals surface area (Å²) < 4.78 is 0. The standard InChI is InChI=1S/C30H18/c1-3-7-24-19(5-1)13-15-27-26(24)16-14-22-18-29-23(17-28(22)27)12-11-21-10-9-20-6-2-4-8-25(20)30(21)29/h1-18H. The maximum Gasteiger partial charge on any atom is -0.00266 e. The Morgan fingerprint density at radius 1 is 0.267 bits per heavy atom. The minimum atomic E-state index is 1.29. The molecule has 7 aromatic carbocycles. The summed E-state index contributed by atoms with van der Waals surface area (Å²) >= 11 is 0. The zero-order valence-electron chi connectivity index (χ0n) is 16.4. The highest BCUT2D eigenvalue weighted by Gasteiger charge is 2.09. The van der Waals surface area contributed by atoms with Crippen molar-refractivity contribution in [3.05, 3.63) is 109 Å². The number of hydrogen-bond acceptors (Lipinski definition) is 0. The highest BCUT2D eigenvalue weighted by Crippen LogP contribution is 2.37. The SMILES string of the molecule is c1ccc2c(c1)ccc1c3cc4ccc5ccc6ccccc6c5c4cc3ccc21. The number of benzene rings is 7. The summed E-state index contributed by atoms with van der Waals surface area (Å²) in [6.07, 6.45) is 0. The molecule has 0 unspecified atom stereocenters. The van der Waals surface area contributed by atoms with Gasteiger partial charge >= 0.3 is 0 Å². The van der Waals surface area contributed by atoms with E-state index >= 15 is 0 Å². The van der Waals surface area contributed by atoms with Gasteiger partial charge < -0.3 is 0 Å². The molecule has 0 N–H and O–H groups in total. The monoisotopic (exact) mass is 378 g/mol. The van der Waals surface area contributed by atoms with Gasteiger partial charge in [0.1, 0.15) is 0 Å². The van der Waals surface area contributed by atoms with Crippen LogP contribution >= 0.6 is 0 Å². The van der Waals surface area contributed by atoms with E-state index in [2.05, 4.69) is 109 Å². The van der Waals surface area contributed by atoms with Gasteiger partial charge in [-0.1, -0.05) is 97.1 Å². The number of rotatable bonds is 0. The van der Waals surface area contributed by atoms with Crippen LogP contribution in [0, 0.1) is 0 Å². The van der Waals surface area contributed by atoms with Crippen molar-refractivity contribution in [3.63, 3.8) is 0 Å². The van der Waals surface area contributed by atoms with E-state index in [4.69, 9.17) is 0 Å². The number of fused-ring (bicyclic) bond motifs is 10. The van der Waals surface area contributed by atoms with E-state index in [1.165, 1.54) is 64.6 Å². The topological polar surface area (TPSA) is 0 Å². The maximum absolute atomic E-state index is 2.38. The second-order valence-corrected chi connectivity index (χ2v) is 8.19. The third kappa shape index (κ3) is 2.11. The largest absolute Gasteiger partial charge is 0.0616 e. The van der Waals surface area contributed by atoms with Crippen molar-refractivity contribution < 1.29 is 0 Å². The summed E-state index contributed by atoms with van der Waals surface area (Å²) in [5.41, 5.74) is 0. The van der Waals surface area contributed by atoms with Crippen LogP contribution in [0.3, 0.4) is 0 Å². The first kappa shape index (κ1) is 16.0. The van der Waals surface area contributed by atoms with Crippen LogP contribution in [-0.2, 0) is 0 Å². The molecule has 138 valence electrons. The molecule has 0 bridgehead atoms. The Morgan fingerprint density at radius 3 is 1.60 bits per heavy atom. The molecule has 0 amide bonds. The van der Waals surface area contributed by atoms with E-state index in [9.17, 15) is 0 Å². The summed E-state index contributed by atoms with van der Waals surface area (Å²) in [6.45, 7) is 0. The van der Waals surface area contributed by atoms with Gasteiger partial charge in [-0.25, -0.2) is 0 Å². The Kier molecular flexibility index (Phi) is 3.09. The lowest BCUT2D eigenvalue weighted by molar-refractivity contribution is 1.78. The van der Waals surface area contributed by atoms with Crippen LogP contribution in [0.4, 0.5) is 0 Å². The fourth-order valence-corrected chi connectivity index (χ4v) is 5.15. The normalized spacial score (nSPS) is 12.0. The van der Waals surface area contributed by atoms with E-state index in [1.54, 1.807) is 0 Å². The minimum absolute atomic E-state index is 1.29. The molecule has 0 aromatic heterocycles. The second kappa shape index (κ2) is 5.81. The van der Waals surface area contributed by atoms with Gasteiger partial charge in [-0.2, -0.15) is 0 Å². The fourth-order valence-electron chi connectivity index (χ4n) is 5.15. The van der Waals surface area contributed by atoms with Crippen molar-refractivity contribution in [2.24, 2.45) is 0 Å². The number of hydrogen-bond donors (Lipinski definition) is 0. The molecule has 0 saturated carbocycles. The summed E-state index contributed by atoms with van der Waals surface area (Å²) in [5, 5.41) is 15.8. The molecule has 0 aliphatic rings. The lowest BCUT2D eigenvalue weighted by atomic mass is 9.92. The Balaban J connectivity index is 1.67. The van der Waals surface area contributed by atoms with Crippen LogP contribution < -0.4 is 0 Å². The summed E-state index contributed by atoms with van der Waals surface area (Å²) in [7, 11) is 0. The molecular weight excluding hydrogens is 360 g/mol. The molecule has 30 heavy (non-hydrogen) atoms. The third-order valence-corrected chi connectivity index (χ3v) is 6.59. The van der Waals surface area contributed by atoms with Crippen LogP contribution in [0.1, 0.15) is 0 Å². The molecule has 0 heterocycles. The summed E-state index contributed by atoms with van der Waals surface area (Å²) in [6, 6.07) is 40.2. The zero-order chi connectivity index (χ0) is 19.7. The first-order chi connectivity index (χ1) is 14.9. The van der Waals surface area contributed by atoms with Gasteiger partial charge in [0, 0.05) is 0 Å². The summed E-state index contributed by atoms with van der Waals surface area (Å²) in [5.74, 6) is 0. The Morgan fingerprint density at radius 2 is 0.767 bits per heavy atom. The Hall–Kier alpha value is -3.90. The van der Waals surface area contributed by atoms with E-state index in [0.717, 1.165) is 0 Å². The highest BCUT2D eigenvalue weighted by molar-refractivity contribution is 6.25. The second-order valence-electron chi connectivity index (χ2n) is 8.19. The van der Waals surface area contributed by atoms with Crippen LogP contribution in [0.2, 0.25) is 0 Å². The molecule has 0 spiro atoms. The van der Waals surface area contributed by atoms with Crippen molar-refractivity contribution in [1.82, 2.24) is 0 Å². The predicted molar refractivity (Wildman–Crippen MR) is 131 cm³/mol. The molecule has 7 rings (SSSR count). The van der Waals surface area contributed by atoms with Gasteiger partial charge in [0.25, 0.3) is 0 Å². The molecule has 0 nitrogen and oxygen atoms in total. The van der Waals surface area contributed by atoms with E-state index in [-0.39, 0.29) is 0 Å². The lowest BCUT2D eigenvalue weighted by Crippen LogP contribution is -1.84. The average molecular weight is 378 g/mol. The van der Waals surface area contributed by atoms with Crippen LogP contribution in [0.15, 0.2) is 109 Å². The van der Waals surface area contributed by atoms with Gasteiger partial charge in [0.05, 0.1) is 0 Å². The van der Waals surface area contributed by atoms with Crippen molar-refractivity contribution in [1.29, 1.82) is 0 Å². The summed E-state index contributed by atoms with van der Waals surface area (Å²) in [4.78, 5) is 0. The van der Waals surface area contributed by atoms with Crippen LogP contribution in [0.5, 0.6) is 0 Å². The van der Waals surface area contributed by atoms with Crippen LogP contribution in [-0.4, -0.2) is 0 Å². The van der Waals surface area contributed by atoms with Gasteiger partial charge in [-0.05, 0) is 76.8 Å². The molecular formula is C30H18.